The van der Waals surface area contributed by atoms with E-state index in [1.165, 1.54) is 5.69 Å². The predicted octanol–water partition coefficient (Wildman–Crippen LogP) is 2.14. The smallest absolute Gasteiger partial charge is 0.0403 e. The second-order valence-electron chi connectivity index (χ2n) is 3.38. The van der Waals surface area contributed by atoms with Crippen molar-refractivity contribution in [1.82, 2.24) is 4.98 Å². The van der Waals surface area contributed by atoms with Crippen LogP contribution in [0.1, 0.15) is 31.9 Å². The second-order valence-corrected chi connectivity index (χ2v) is 3.38. The number of nitrogens with zero attached hydrogens (tertiary/aromatic N) is 1. The van der Waals surface area contributed by atoms with E-state index in [-0.39, 0.29) is 0 Å². The summed E-state index contributed by atoms with van der Waals surface area (Å²) in [4.78, 5) is 4.26. The summed E-state index contributed by atoms with van der Waals surface area (Å²) in [7, 11) is 0. The fraction of sp³-hybridized carbons (Fsp3) is 0.545. The Kier molecular flexibility index (Phi) is 4.47. The first-order valence-corrected chi connectivity index (χ1v) is 4.98. The molecule has 0 amide bonds. The summed E-state index contributed by atoms with van der Waals surface area (Å²) >= 11 is 0. The highest BCUT2D eigenvalue weighted by molar-refractivity contribution is 5.03. The van der Waals surface area contributed by atoms with Crippen LogP contribution in [0.4, 0.5) is 0 Å². The van der Waals surface area contributed by atoms with Crippen LogP contribution in [-0.2, 0) is 6.42 Å². The van der Waals surface area contributed by atoms with Crippen molar-refractivity contribution < 1.29 is 0 Å². The van der Waals surface area contributed by atoms with E-state index in [1.54, 1.807) is 0 Å². The quantitative estimate of drug-likeness (QED) is 0.750. The molecule has 0 bridgehead atoms. The van der Waals surface area contributed by atoms with Gasteiger partial charge in [-0.2, -0.15) is 0 Å². The number of pyridine rings is 1. The summed E-state index contributed by atoms with van der Waals surface area (Å²) in [5, 5.41) is 0. The third kappa shape index (κ3) is 4.04. The zero-order valence-corrected chi connectivity index (χ0v) is 8.24. The van der Waals surface area contributed by atoms with Gasteiger partial charge < -0.3 is 5.73 Å². The number of hydrogen-bond acceptors (Lipinski definition) is 2. The van der Waals surface area contributed by atoms with Gasteiger partial charge in [0.1, 0.15) is 0 Å². The Bertz CT molecular complexity index is 221. The molecule has 1 atom stereocenters. The standard InChI is InChI=1S/C11H18N2/c1-2-10(12)6-5-8-11-7-3-4-9-13-11/h3-4,7,9-10H,2,5-6,8,12H2,1H3/t10-/m0/s1. The molecule has 0 fully saturated rings. The molecule has 2 N–H and O–H groups in total. The zero-order valence-electron chi connectivity index (χ0n) is 8.24. The molecule has 1 aromatic rings. The molecule has 1 aromatic heterocycles. The third-order valence-electron chi connectivity index (χ3n) is 2.26. The van der Waals surface area contributed by atoms with Crippen LogP contribution in [0.2, 0.25) is 0 Å². The van der Waals surface area contributed by atoms with Crippen molar-refractivity contribution in [3.05, 3.63) is 30.1 Å². The maximum atomic E-state index is 5.82. The predicted molar refractivity (Wildman–Crippen MR) is 55.4 cm³/mol. The van der Waals surface area contributed by atoms with Crippen LogP contribution < -0.4 is 5.73 Å². The van der Waals surface area contributed by atoms with Gasteiger partial charge in [-0.1, -0.05) is 13.0 Å². The highest BCUT2D eigenvalue weighted by Gasteiger charge is 1.99. The first kappa shape index (κ1) is 10.2. The summed E-state index contributed by atoms with van der Waals surface area (Å²) in [6, 6.07) is 6.41. The lowest BCUT2D eigenvalue weighted by Gasteiger charge is -2.07. The molecule has 2 heteroatoms. The lowest BCUT2D eigenvalue weighted by Crippen LogP contribution is -2.18. The van der Waals surface area contributed by atoms with Crippen LogP contribution in [0.3, 0.4) is 0 Å². The van der Waals surface area contributed by atoms with Crippen LogP contribution >= 0.6 is 0 Å². The average molecular weight is 178 g/mol. The van der Waals surface area contributed by atoms with Crippen molar-refractivity contribution in [2.24, 2.45) is 5.73 Å². The van der Waals surface area contributed by atoms with Gasteiger partial charge in [0.15, 0.2) is 0 Å². The largest absolute Gasteiger partial charge is 0.328 e. The minimum Gasteiger partial charge on any atom is -0.328 e. The number of aromatic nitrogens is 1. The summed E-state index contributed by atoms with van der Waals surface area (Å²) in [5.41, 5.74) is 6.99. The Hall–Kier alpha value is -0.890. The fourth-order valence-corrected chi connectivity index (χ4v) is 1.30. The molecule has 0 saturated carbocycles. The maximum absolute atomic E-state index is 5.82. The lowest BCUT2D eigenvalue weighted by molar-refractivity contribution is 0.565. The number of aryl methyl sites for hydroxylation is 1. The average Bonchev–Trinajstić information content (AvgIpc) is 2.19. The van der Waals surface area contributed by atoms with Crippen LogP contribution in [-0.4, -0.2) is 11.0 Å². The Labute approximate surface area is 80.2 Å². The molecule has 2 nitrogen and oxygen atoms in total. The van der Waals surface area contributed by atoms with E-state index >= 15 is 0 Å². The molecule has 13 heavy (non-hydrogen) atoms. The topological polar surface area (TPSA) is 38.9 Å². The highest BCUT2D eigenvalue weighted by Crippen LogP contribution is 2.04. The van der Waals surface area contributed by atoms with Crippen LogP contribution in [0.25, 0.3) is 0 Å². The normalized spacial score (nSPS) is 12.8. The van der Waals surface area contributed by atoms with Crippen LogP contribution in [0, 0.1) is 0 Å². The van der Waals surface area contributed by atoms with Gasteiger partial charge in [0.25, 0.3) is 0 Å². The Morgan fingerprint density at radius 1 is 1.46 bits per heavy atom. The van der Waals surface area contributed by atoms with Gasteiger partial charge in [-0.15, -0.1) is 0 Å². The summed E-state index contributed by atoms with van der Waals surface area (Å²) in [6.45, 7) is 2.13. The minimum absolute atomic E-state index is 0.365. The molecular formula is C11H18N2. The van der Waals surface area contributed by atoms with E-state index in [1.807, 2.05) is 18.3 Å². The minimum atomic E-state index is 0.365. The Balaban J connectivity index is 2.20. The maximum Gasteiger partial charge on any atom is 0.0403 e. The first-order chi connectivity index (χ1) is 6.33. The van der Waals surface area contributed by atoms with Crippen molar-refractivity contribution >= 4 is 0 Å². The molecule has 0 aliphatic rings. The van der Waals surface area contributed by atoms with Crippen LogP contribution in [0.15, 0.2) is 24.4 Å². The lowest BCUT2D eigenvalue weighted by atomic mass is 10.1. The van der Waals surface area contributed by atoms with Gasteiger partial charge in [-0.25, -0.2) is 0 Å². The number of rotatable bonds is 5. The number of nitrogens with two attached hydrogens (primary N) is 1. The SMILES string of the molecule is CC[C@H](N)CCCc1ccccn1. The van der Waals surface area contributed by atoms with Gasteiger partial charge >= 0.3 is 0 Å². The van der Waals surface area contributed by atoms with E-state index in [9.17, 15) is 0 Å². The van der Waals surface area contributed by atoms with Crippen molar-refractivity contribution in [3.8, 4) is 0 Å². The van der Waals surface area contributed by atoms with Gasteiger partial charge in [0, 0.05) is 17.9 Å². The highest BCUT2D eigenvalue weighted by atomic mass is 14.7. The van der Waals surface area contributed by atoms with Gasteiger partial charge in [0.2, 0.25) is 0 Å². The summed E-state index contributed by atoms with van der Waals surface area (Å²) < 4.78 is 0. The summed E-state index contributed by atoms with van der Waals surface area (Å²) in [5.74, 6) is 0. The molecule has 0 aliphatic heterocycles. The summed E-state index contributed by atoms with van der Waals surface area (Å²) in [6.07, 6.45) is 6.21. The van der Waals surface area contributed by atoms with E-state index in [2.05, 4.69) is 18.0 Å². The molecule has 72 valence electrons. The third-order valence-corrected chi connectivity index (χ3v) is 2.26. The molecule has 1 rings (SSSR count). The molecule has 0 radical (unpaired) electrons. The van der Waals surface area contributed by atoms with E-state index in [0.717, 1.165) is 25.7 Å². The fourth-order valence-electron chi connectivity index (χ4n) is 1.30. The van der Waals surface area contributed by atoms with Gasteiger partial charge in [-0.3, -0.25) is 4.98 Å². The Morgan fingerprint density at radius 2 is 2.31 bits per heavy atom. The van der Waals surface area contributed by atoms with E-state index in [0.29, 0.717) is 6.04 Å². The van der Waals surface area contributed by atoms with Crippen molar-refractivity contribution in [2.75, 3.05) is 0 Å². The Morgan fingerprint density at radius 3 is 2.92 bits per heavy atom. The monoisotopic (exact) mass is 178 g/mol. The molecule has 0 saturated heterocycles. The van der Waals surface area contributed by atoms with E-state index < -0.39 is 0 Å². The van der Waals surface area contributed by atoms with Crippen molar-refractivity contribution in [3.63, 3.8) is 0 Å². The molecule has 0 unspecified atom stereocenters. The van der Waals surface area contributed by atoms with Crippen LogP contribution in [0.5, 0.6) is 0 Å². The first-order valence-electron chi connectivity index (χ1n) is 4.98. The van der Waals surface area contributed by atoms with Gasteiger partial charge in [-0.05, 0) is 37.8 Å². The zero-order chi connectivity index (χ0) is 9.52. The number of hydrogen-bond donors (Lipinski definition) is 1. The molecular weight excluding hydrogens is 160 g/mol. The molecule has 0 spiro atoms. The van der Waals surface area contributed by atoms with Crippen molar-refractivity contribution in [2.45, 2.75) is 38.6 Å². The van der Waals surface area contributed by atoms with Gasteiger partial charge in [0.05, 0.1) is 0 Å². The second kappa shape index (κ2) is 5.70. The molecule has 0 aliphatic carbocycles. The van der Waals surface area contributed by atoms with Crippen molar-refractivity contribution in [1.29, 1.82) is 0 Å². The van der Waals surface area contributed by atoms with E-state index in [4.69, 9.17) is 5.73 Å². The molecule has 1 heterocycles. The molecule has 0 aromatic carbocycles.